The molecule has 2 aliphatic heterocycles. The summed E-state index contributed by atoms with van der Waals surface area (Å²) >= 11 is 0. The Bertz CT molecular complexity index is 538. The highest BCUT2D eigenvalue weighted by atomic mass is 127. The Morgan fingerprint density at radius 3 is 2.45 bits per heavy atom. The number of halogens is 1. The molecule has 168 valence electrons. The first-order valence-corrected chi connectivity index (χ1v) is 10.9. The molecule has 8 heteroatoms. The van der Waals surface area contributed by atoms with Gasteiger partial charge in [-0.1, -0.05) is 12.8 Å². The van der Waals surface area contributed by atoms with Gasteiger partial charge in [0.15, 0.2) is 5.96 Å². The molecule has 29 heavy (non-hydrogen) atoms. The van der Waals surface area contributed by atoms with Crippen molar-refractivity contribution in [3.8, 4) is 0 Å². The van der Waals surface area contributed by atoms with Crippen molar-refractivity contribution in [3.05, 3.63) is 0 Å². The van der Waals surface area contributed by atoms with Crippen LogP contribution in [0.4, 0.5) is 0 Å². The fraction of sp³-hybridized carbons (Fsp3) is 0.905. The number of guanidine groups is 1. The van der Waals surface area contributed by atoms with E-state index in [1.165, 1.54) is 0 Å². The first-order chi connectivity index (χ1) is 13.5. The number of piperidine rings is 1. The number of likely N-dealkylation sites (tertiary alicyclic amines) is 1. The van der Waals surface area contributed by atoms with E-state index in [4.69, 9.17) is 9.47 Å². The fourth-order valence-electron chi connectivity index (χ4n) is 4.83. The standard InChI is InChI=1S/C21H38N4O3.HI/c1-22-20(23-16-21(10-4-5-11-21)19(26)24(2)3)25-12-8-17(9-13-25)28-15-18-7-6-14-27-18;/h17-18H,4-16H2,1-3H3,(H,22,23);1H. The Morgan fingerprint density at radius 1 is 1.21 bits per heavy atom. The maximum absolute atomic E-state index is 12.8. The Labute approximate surface area is 193 Å². The van der Waals surface area contributed by atoms with Crippen LogP contribution >= 0.6 is 24.0 Å². The topological polar surface area (TPSA) is 66.4 Å². The third-order valence-electron chi connectivity index (χ3n) is 6.50. The number of aliphatic imine (C=N–C) groups is 1. The monoisotopic (exact) mass is 522 g/mol. The van der Waals surface area contributed by atoms with Gasteiger partial charge in [-0.2, -0.15) is 0 Å². The smallest absolute Gasteiger partial charge is 0.230 e. The van der Waals surface area contributed by atoms with Crippen molar-refractivity contribution in [2.75, 3.05) is 54.0 Å². The highest BCUT2D eigenvalue weighted by molar-refractivity contribution is 14.0. The van der Waals surface area contributed by atoms with Crippen LogP contribution in [-0.4, -0.2) is 87.9 Å². The molecule has 3 rings (SSSR count). The van der Waals surface area contributed by atoms with E-state index >= 15 is 0 Å². The van der Waals surface area contributed by atoms with Gasteiger partial charge in [0.05, 0.1) is 24.2 Å². The van der Waals surface area contributed by atoms with E-state index < -0.39 is 0 Å². The third kappa shape index (κ3) is 6.43. The molecule has 3 aliphatic rings. The lowest BCUT2D eigenvalue weighted by Gasteiger charge is -2.36. The first-order valence-electron chi connectivity index (χ1n) is 10.9. The molecule has 7 nitrogen and oxygen atoms in total. The third-order valence-corrected chi connectivity index (χ3v) is 6.50. The normalized spacial score (nSPS) is 25.0. The van der Waals surface area contributed by atoms with Gasteiger partial charge in [0.1, 0.15) is 0 Å². The van der Waals surface area contributed by atoms with Crippen molar-refractivity contribution in [3.63, 3.8) is 0 Å². The zero-order valence-electron chi connectivity index (χ0n) is 18.3. The van der Waals surface area contributed by atoms with Crippen molar-refractivity contribution in [1.29, 1.82) is 0 Å². The number of nitrogens with zero attached hydrogens (tertiary/aromatic N) is 3. The van der Waals surface area contributed by atoms with Crippen LogP contribution in [0.25, 0.3) is 0 Å². The van der Waals surface area contributed by atoms with Crippen molar-refractivity contribution in [2.24, 2.45) is 10.4 Å². The van der Waals surface area contributed by atoms with Gasteiger partial charge in [-0.3, -0.25) is 9.79 Å². The summed E-state index contributed by atoms with van der Waals surface area (Å²) in [5, 5.41) is 3.52. The molecule has 0 bridgehead atoms. The highest BCUT2D eigenvalue weighted by Crippen LogP contribution is 2.39. The van der Waals surface area contributed by atoms with E-state index in [9.17, 15) is 4.79 Å². The lowest BCUT2D eigenvalue weighted by Crippen LogP contribution is -2.52. The van der Waals surface area contributed by atoms with Gasteiger partial charge in [0.2, 0.25) is 5.91 Å². The minimum absolute atomic E-state index is 0. The summed E-state index contributed by atoms with van der Waals surface area (Å²) < 4.78 is 11.7. The zero-order valence-corrected chi connectivity index (χ0v) is 20.7. The van der Waals surface area contributed by atoms with Crippen molar-refractivity contribution < 1.29 is 14.3 Å². The molecule has 1 amide bonds. The molecule has 0 aromatic carbocycles. The first kappa shape index (κ1) is 24.7. The predicted octanol–water partition coefficient (Wildman–Crippen LogP) is 2.49. The summed E-state index contributed by atoms with van der Waals surface area (Å²) in [6.45, 7) is 4.15. The van der Waals surface area contributed by atoms with Crippen LogP contribution in [-0.2, 0) is 14.3 Å². The summed E-state index contributed by atoms with van der Waals surface area (Å²) in [7, 11) is 5.55. The molecule has 0 aromatic rings. The molecule has 0 spiro atoms. The summed E-state index contributed by atoms with van der Waals surface area (Å²) in [5.41, 5.74) is -0.276. The number of rotatable bonds is 6. The Hall–Kier alpha value is -0.610. The molecule has 3 fully saturated rings. The van der Waals surface area contributed by atoms with Gasteiger partial charge in [-0.25, -0.2) is 0 Å². The second kappa shape index (κ2) is 11.7. The number of hydrogen-bond donors (Lipinski definition) is 1. The van der Waals surface area contributed by atoms with E-state index in [1.807, 2.05) is 21.1 Å². The molecule has 0 aromatic heterocycles. The molecule has 2 saturated heterocycles. The maximum atomic E-state index is 12.8. The lowest BCUT2D eigenvalue weighted by atomic mass is 9.84. The maximum Gasteiger partial charge on any atom is 0.230 e. The minimum Gasteiger partial charge on any atom is -0.376 e. The van der Waals surface area contributed by atoms with Gasteiger partial charge in [0, 0.05) is 47.4 Å². The van der Waals surface area contributed by atoms with E-state index in [-0.39, 0.29) is 35.3 Å². The van der Waals surface area contributed by atoms with Crippen LogP contribution < -0.4 is 5.32 Å². The van der Waals surface area contributed by atoms with Crippen LogP contribution in [0.5, 0.6) is 0 Å². The Morgan fingerprint density at radius 2 is 1.90 bits per heavy atom. The molecule has 0 radical (unpaired) electrons. The number of carbonyl (C=O) groups excluding carboxylic acids is 1. The summed E-state index contributed by atoms with van der Waals surface area (Å²) in [4.78, 5) is 21.3. The molecule has 1 atom stereocenters. The van der Waals surface area contributed by atoms with Gasteiger partial charge in [-0.15, -0.1) is 24.0 Å². The van der Waals surface area contributed by atoms with E-state index in [0.29, 0.717) is 18.8 Å². The molecular formula is C21H39IN4O3. The summed E-state index contributed by atoms with van der Waals surface area (Å²) in [6.07, 6.45) is 9.11. The van der Waals surface area contributed by atoms with Gasteiger partial charge >= 0.3 is 0 Å². The quantitative estimate of drug-likeness (QED) is 0.330. The number of nitrogens with one attached hydrogen (secondary N) is 1. The van der Waals surface area contributed by atoms with Crippen LogP contribution in [0, 0.1) is 5.41 Å². The average Bonchev–Trinajstić information content (AvgIpc) is 3.40. The highest BCUT2D eigenvalue weighted by Gasteiger charge is 2.42. The molecule has 1 aliphatic carbocycles. The van der Waals surface area contributed by atoms with Gasteiger partial charge < -0.3 is 24.6 Å². The summed E-state index contributed by atoms with van der Waals surface area (Å²) in [5.74, 6) is 1.16. The molecular weight excluding hydrogens is 483 g/mol. The number of ether oxygens (including phenoxy) is 2. The SMILES string of the molecule is CN=C(NCC1(C(=O)N(C)C)CCCC1)N1CCC(OCC2CCCO2)CC1.I. The Balaban J connectivity index is 0.00000300. The zero-order chi connectivity index (χ0) is 20.0. The van der Waals surface area contributed by atoms with Crippen LogP contribution in [0.15, 0.2) is 4.99 Å². The molecule has 1 N–H and O–H groups in total. The molecule has 1 saturated carbocycles. The Kier molecular flexibility index (Phi) is 9.94. The number of amides is 1. The lowest BCUT2D eigenvalue weighted by molar-refractivity contribution is -0.138. The van der Waals surface area contributed by atoms with Crippen LogP contribution in [0.3, 0.4) is 0 Å². The van der Waals surface area contributed by atoms with Gasteiger partial charge in [-0.05, 0) is 38.5 Å². The van der Waals surface area contributed by atoms with Crippen LogP contribution in [0.1, 0.15) is 51.4 Å². The average molecular weight is 522 g/mol. The van der Waals surface area contributed by atoms with Crippen molar-refractivity contribution in [1.82, 2.24) is 15.1 Å². The minimum atomic E-state index is -0.276. The number of carbonyl (C=O) groups is 1. The van der Waals surface area contributed by atoms with E-state index in [2.05, 4.69) is 15.2 Å². The van der Waals surface area contributed by atoms with Crippen molar-refractivity contribution >= 4 is 35.8 Å². The van der Waals surface area contributed by atoms with Crippen molar-refractivity contribution in [2.45, 2.75) is 63.6 Å². The second-order valence-electron chi connectivity index (χ2n) is 8.74. The predicted molar refractivity (Wildman–Crippen MR) is 126 cm³/mol. The fourth-order valence-corrected chi connectivity index (χ4v) is 4.83. The van der Waals surface area contributed by atoms with Gasteiger partial charge in [0.25, 0.3) is 0 Å². The van der Waals surface area contributed by atoms with E-state index in [1.54, 1.807) is 4.90 Å². The second-order valence-corrected chi connectivity index (χ2v) is 8.74. The molecule has 2 heterocycles. The number of hydrogen-bond acceptors (Lipinski definition) is 4. The van der Waals surface area contributed by atoms with Crippen LogP contribution in [0.2, 0.25) is 0 Å². The molecule has 1 unspecified atom stereocenters. The summed E-state index contributed by atoms with van der Waals surface area (Å²) in [6, 6.07) is 0. The van der Waals surface area contributed by atoms with E-state index in [0.717, 1.165) is 83.6 Å². The largest absolute Gasteiger partial charge is 0.376 e.